The molecule has 2 atom stereocenters. The Morgan fingerprint density at radius 1 is 1.13 bits per heavy atom. The highest BCUT2D eigenvalue weighted by Gasteiger charge is 2.37. The number of carbonyl (C=O) groups is 4. The molecule has 0 saturated carbocycles. The Bertz CT molecular complexity index is 1030. The molecule has 162 valence electrons. The zero-order chi connectivity index (χ0) is 22.7. The van der Waals surface area contributed by atoms with Crippen LogP contribution >= 0.6 is 0 Å². The second-order valence-electron chi connectivity index (χ2n) is 7.63. The van der Waals surface area contributed by atoms with Gasteiger partial charge in [0.15, 0.2) is 6.10 Å². The molecule has 1 fully saturated rings. The van der Waals surface area contributed by atoms with E-state index in [-0.39, 0.29) is 18.9 Å². The van der Waals surface area contributed by atoms with Gasteiger partial charge in [0.2, 0.25) is 11.8 Å². The lowest BCUT2D eigenvalue weighted by molar-refractivity contribution is -0.157. The van der Waals surface area contributed by atoms with Gasteiger partial charge in [0.1, 0.15) is 0 Å². The molecule has 1 saturated heterocycles. The van der Waals surface area contributed by atoms with Crippen molar-refractivity contribution < 1.29 is 23.9 Å². The van der Waals surface area contributed by atoms with Crippen molar-refractivity contribution in [2.75, 3.05) is 16.8 Å². The molecule has 3 rings (SSSR count). The van der Waals surface area contributed by atoms with Crippen molar-refractivity contribution in [2.45, 2.75) is 33.3 Å². The Labute approximate surface area is 180 Å². The summed E-state index contributed by atoms with van der Waals surface area (Å²) in [6, 6.07) is 11.7. The molecule has 0 spiro atoms. The maximum atomic E-state index is 12.6. The highest BCUT2D eigenvalue weighted by Crippen LogP contribution is 2.30. The zero-order valence-corrected chi connectivity index (χ0v) is 17.7. The minimum absolute atomic E-state index is 0.0368. The summed E-state index contributed by atoms with van der Waals surface area (Å²) in [5.74, 6) is -2.47. The molecule has 8 nitrogen and oxygen atoms in total. The summed E-state index contributed by atoms with van der Waals surface area (Å²) < 4.78 is 5.31. The summed E-state index contributed by atoms with van der Waals surface area (Å²) in [6.45, 7) is 5.58. The molecule has 1 heterocycles. The van der Waals surface area contributed by atoms with Crippen molar-refractivity contribution in [1.82, 2.24) is 0 Å². The fourth-order valence-corrected chi connectivity index (χ4v) is 3.41. The summed E-state index contributed by atoms with van der Waals surface area (Å²) in [6.07, 6.45) is -1.01. The number of hydrogen-bond donors (Lipinski definition) is 2. The van der Waals surface area contributed by atoms with Crippen LogP contribution in [0, 0.1) is 19.8 Å². The van der Waals surface area contributed by atoms with Crippen molar-refractivity contribution in [3.05, 3.63) is 59.2 Å². The number of ether oxygens (including phenoxy) is 1. The third kappa shape index (κ3) is 4.91. The van der Waals surface area contributed by atoms with Crippen LogP contribution in [0.5, 0.6) is 0 Å². The number of hydrogen-bond acceptors (Lipinski definition) is 5. The molecule has 3 N–H and O–H groups in total. The van der Waals surface area contributed by atoms with Gasteiger partial charge < -0.3 is 20.7 Å². The van der Waals surface area contributed by atoms with Crippen molar-refractivity contribution >= 4 is 35.1 Å². The number of anilines is 2. The molecular weight excluding hydrogens is 398 g/mol. The highest BCUT2D eigenvalue weighted by molar-refractivity contribution is 6.01. The van der Waals surface area contributed by atoms with Crippen LogP contribution < -0.4 is 16.0 Å². The summed E-state index contributed by atoms with van der Waals surface area (Å²) >= 11 is 0. The van der Waals surface area contributed by atoms with Gasteiger partial charge in [-0.15, -0.1) is 0 Å². The number of benzene rings is 2. The molecule has 31 heavy (non-hydrogen) atoms. The average Bonchev–Trinajstić information content (AvgIpc) is 3.12. The van der Waals surface area contributed by atoms with Crippen LogP contribution in [0.25, 0.3) is 0 Å². The maximum Gasteiger partial charge on any atom is 0.312 e. The van der Waals surface area contributed by atoms with Crippen LogP contribution in [-0.4, -0.2) is 36.3 Å². The number of nitrogens with one attached hydrogen (secondary N) is 1. The quantitative estimate of drug-likeness (QED) is 0.691. The number of rotatable bonds is 6. The minimum atomic E-state index is -1.05. The summed E-state index contributed by atoms with van der Waals surface area (Å²) in [7, 11) is 0. The molecule has 1 aliphatic heterocycles. The fourth-order valence-electron chi connectivity index (χ4n) is 3.41. The molecule has 2 aromatic carbocycles. The van der Waals surface area contributed by atoms with Gasteiger partial charge in [-0.2, -0.15) is 0 Å². The van der Waals surface area contributed by atoms with Gasteiger partial charge >= 0.3 is 5.97 Å². The monoisotopic (exact) mass is 423 g/mol. The summed E-state index contributed by atoms with van der Waals surface area (Å²) in [4.78, 5) is 50.1. The number of amides is 3. The Morgan fingerprint density at radius 2 is 1.81 bits per heavy atom. The zero-order valence-electron chi connectivity index (χ0n) is 17.7. The predicted molar refractivity (Wildman–Crippen MR) is 116 cm³/mol. The third-order valence-corrected chi connectivity index (χ3v) is 5.42. The van der Waals surface area contributed by atoms with E-state index in [2.05, 4.69) is 5.32 Å². The molecule has 1 aliphatic rings. The number of esters is 1. The van der Waals surface area contributed by atoms with Crippen LogP contribution in [0.15, 0.2) is 42.5 Å². The second kappa shape index (κ2) is 8.99. The average molecular weight is 423 g/mol. The number of carbonyl (C=O) groups excluding carboxylic acids is 4. The lowest BCUT2D eigenvalue weighted by Gasteiger charge is -2.20. The van der Waals surface area contributed by atoms with E-state index in [1.54, 1.807) is 4.90 Å². The maximum absolute atomic E-state index is 12.6. The first-order chi connectivity index (χ1) is 14.7. The van der Waals surface area contributed by atoms with E-state index in [1.807, 2.05) is 32.0 Å². The number of primary amides is 1. The van der Waals surface area contributed by atoms with Gasteiger partial charge in [-0.25, -0.2) is 0 Å². The molecule has 3 amide bonds. The lowest BCUT2D eigenvalue weighted by Crippen LogP contribution is -2.33. The third-order valence-electron chi connectivity index (χ3n) is 5.42. The second-order valence-corrected chi connectivity index (χ2v) is 7.63. The molecule has 0 unspecified atom stereocenters. The number of nitrogens with zero attached hydrogens (tertiary/aromatic N) is 1. The number of nitrogens with two attached hydrogens (primary N) is 1. The van der Waals surface area contributed by atoms with Crippen LogP contribution in [-0.2, 0) is 19.1 Å². The SMILES string of the molecule is Cc1cccc(N2C[C@H](C(=O)O[C@H](C)C(=O)Nc3ccc(C(N)=O)cc3)CC2=O)c1C. The Hall–Kier alpha value is -3.68. The van der Waals surface area contributed by atoms with Crippen molar-refractivity contribution in [1.29, 1.82) is 0 Å². The smallest absolute Gasteiger partial charge is 0.312 e. The van der Waals surface area contributed by atoms with Gasteiger partial charge in [0, 0.05) is 29.9 Å². The highest BCUT2D eigenvalue weighted by atomic mass is 16.5. The lowest BCUT2D eigenvalue weighted by atomic mass is 10.1. The molecule has 2 aromatic rings. The topological polar surface area (TPSA) is 119 Å². The standard InChI is InChI=1S/C23H25N3O5/c1-13-5-4-6-19(14(13)2)26-12-17(11-20(26)27)23(30)31-15(3)22(29)25-18-9-7-16(8-10-18)21(24)28/h4-10,15,17H,11-12H2,1-3H3,(H2,24,28)(H,25,29)/t15-,17-/m1/s1. The summed E-state index contributed by atoms with van der Waals surface area (Å²) in [5.41, 5.74) is 8.77. The van der Waals surface area contributed by atoms with Crippen LogP contribution in [0.3, 0.4) is 0 Å². The van der Waals surface area contributed by atoms with Crippen LogP contribution in [0.2, 0.25) is 0 Å². The van der Waals surface area contributed by atoms with Crippen LogP contribution in [0.1, 0.15) is 34.8 Å². The Balaban J connectivity index is 1.59. The van der Waals surface area contributed by atoms with Gasteiger partial charge in [0.05, 0.1) is 5.92 Å². The van der Waals surface area contributed by atoms with E-state index in [1.165, 1.54) is 31.2 Å². The van der Waals surface area contributed by atoms with E-state index in [0.29, 0.717) is 11.3 Å². The molecule has 0 aliphatic carbocycles. The van der Waals surface area contributed by atoms with E-state index in [0.717, 1.165) is 16.8 Å². The van der Waals surface area contributed by atoms with Crippen molar-refractivity contribution in [3.63, 3.8) is 0 Å². The van der Waals surface area contributed by atoms with Gasteiger partial charge in [0.25, 0.3) is 5.91 Å². The molecule has 0 bridgehead atoms. The summed E-state index contributed by atoms with van der Waals surface area (Å²) in [5, 5.41) is 2.62. The van der Waals surface area contributed by atoms with E-state index in [9.17, 15) is 19.2 Å². The molecule has 0 aromatic heterocycles. The minimum Gasteiger partial charge on any atom is -0.452 e. The van der Waals surface area contributed by atoms with Gasteiger partial charge in [-0.05, 0) is 62.2 Å². The first-order valence-electron chi connectivity index (χ1n) is 9.95. The van der Waals surface area contributed by atoms with Crippen LogP contribution in [0.4, 0.5) is 11.4 Å². The first kappa shape index (κ1) is 22.0. The van der Waals surface area contributed by atoms with E-state index < -0.39 is 29.8 Å². The van der Waals surface area contributed by atoms with Crippen molar-refractivity contribution in [2.24, 2.45) is 11.7 Å². The number of aryl methyl sites for hydroxylation is 1. The molecule has 0 radical (unpaired) electrons. The van der Waals surface area contributed by atoms with Gasteiger partial charge in [-0.1, -0.05) is 12.1 Å². The molecule has 8 heteroatoms. The van der Waals surface area contributed by atoms with E-state index in [4.69, 9.17) is 10.5 Å². The predicted octanol–water partition coefficient (Wildman–Crippen LogP) is 2.33. The molecular formula is C23H25N3O5. The Morgan fingerprint density at radius 3 is 2.45 bits per heavy atom. The Kier molecular flexibility index (Phi) is 6.39. The first-order valence-corrected chi connectivity index (χ1v) is 9.95. The fraction of sp³-hybridized carbons (Fsp3) is 0.304. The van der Waals surface area contributed by atoms with Crippen molar-refractivity contribution in [3.8, 4) is 0 Å². The van der Waals surface area contributed by atoms with Gasteiger partial charge in [-0.3, -0.25) is 19.2 Å². The van der Waals surface area contributed by atoms with E-state index >= 15 is 0 Å². The normalized spacial score (nSPS) is 16.7. The largest absolute Gasteiger partial charge is 0.452 e.